The normalized spacial score (nSPS) is 12.6. The molecule has 12 heteroatoms. The van der Waals surface area contributed by atoms with Crippen LogP contribution < -0.4 is 30.5 Å². The smallest absolute Gasteiger partial charge is 0.330 e. The summed E-state index contributed by atoms with van der Waals surface area (Å²) in [6.07, 6.45) is 1.61. The molecule has 2 heterocycles. The van der Waals surface area contributed by atoms with E-state index in [1.54, 1.807) is 42.6 Å². The third kappa shape index (κ3) is 5.64. The number of carbonyl (C=O) groups is 3. The molecular weight excluding hydrogens is 493 g/mol. The third-order valence-corrected chi connectivity index (χ3v) is 5.84. The summed E-state index contributed by atoms with van der Waals surface area (Å²) in [4.78, 5) is 50.3. The number of ether oxygens (including phenoxy) is 1. The molecule has 0 saturated carbocycles. The fourth-order valence-corrected chi connectivity index (χ4v) is 3.96. The number of likely N-dealkylation sites (N-methyl/N-ethyl adjacent to an activating group) is 1. The molecule has 0 radical (unpaired) electrons. The Morgan fingerprint density at radius 2 is 2.00 bits per heavy atom. The van der Waals surface area contributed by atoms with Gasteiger partial charge in [0.15, 0.2) is 0 Å². The van der Waals surface area contributed by atoms with Crippen LogP contribution in [-0.2, 0) is 18.0 Å². The summed E-state index contributed by atoms with van der Waals surface area (Å²) in [5.74, 6) is 0.261. The number of hydrogen-bond acceptors (Lipinski definition) is 7. The molecule has 4 rings (SSSR count). The highest BCUT2D eigenvalue weighted by Crippen LogP contribution is 2.34. The molecule has 0 fully saturated rings. The Balaban J connectivity index is 1.69. The van der Waals surface area contributed by atoms with Crippen LogP contribution in [0.2, 0.25) is 0 Å². The summed E-state index contributed by atoms with van der Waals surface area (Å²) < 4.78 is 18.5. The summed E-state index contributed by atoms with van der Waals surface area (Å²) in [7, 11) is 2.95. The number of carbonyl (C=O) groups excluding carboxylic acids is 3. The first-order chi connectivity index (χ1) is 18.4. The van der Waals surface area contributed by atoms with Crippen LogP contribution in [0.4, 0.5) is 32.3 Å². The minimum atomic E-state index is -0.685. The van der Waals surface area contributed by atoms with Crippen LogP contribution in [0.3, 0.4) is 0 Å². The van der Waals surface area contributed by atoms with Crippen LogP contribution in [0.1, 0.15) is 28.4 Å². The van der Waals surface area contributed by atoms with Gasteiger partial charge in [0.2, 0.25) is 11.9 Å². The first-order valence-electron chi connectivity index (χ1n) is 11.9. The maximum absolute atomic E-state index is 13.7. The summed E-state index contributed by atoms with van der Waals surface area (Å²) in [6, 6.07) is 10.6. The summed E-state index contributed by atoms with van der Waals surface area (Å²) in [6.45, 7) is 1.68. The predicted molar refractivity (Wildman–Crippen MR) is 141 cm³/mol. The lowest BCUT2D eigenvalue weighted by Crippen LogP contribution is -2.51. The molecule has 0 saturated heterocycles. The highest BCUT2D eigenvalue weighted by molar-refractivity contribution is 6.09. The van der Waals surface area contributed by atoms with Crippen molar-refractivity contribution in [1.82, 2.24) is 15.3 Å². The molecule has 0 bridgehead atoms. The molecule has 3 N–H and O–H groups in total. The lowest BCUT2D eigenvalue weighted by molar-refractivity contribution is -0.119. The van der Waals surface area contributed by atoms with E-state index in [2.05, 4.69) is 25.9 Å². The minimum Gasteiger partial charge on any atom is -0.497 e. The number of amides is 4. The molecule has 0 unspecified atom stereocenters. The summed E-state index contributed by atoms with van der Waals surface area (Å²) in [5.41, 5.74) is 2.09. The van der Waals surface area contributed by atoms with E-state index in [1.165, 1.54) is 30.0 Å². The average molecular weight is 522 g/mol. The van der Waals surface area contributed by atoms with E-state index in [0.29, 0.717) is 46.6 Å². The van der Waals surface area contributed by atoms with Gasteiger partial charge in [0.05, 0.1) is 19.3 Å². The number of rotatable bonds is 9. The maximum atomic E-state index is 13.7. The number of urea groups is 1. The number of alkyl halides is 1. The number of halogens is 1. The minimum absolute atomic E-state index is 0.129. The van der Waals surface area contributed by atoms with Crippen molar-refractivity contribution >= 4 is 41.0 Å². The van der Waals surface area contributed by atoms with Gasteiger partial charge in [-0.05, 0) is 30.7 Å². The fourth-order valence-electron chi connectivity index (χ4n) is 3.96. The van der Waals surface area contributed by atoms with E-state index >= 15 is 0 Å². The van der Waals surface area contributed by atoms with Gasteiger partial charge in [0, 0.05) is 48.7 Å². The Kier molecular flexibility index (Phi) is 8.00. The van der Waals surface area contributed by atoms with Gasteiger partial charge in [0.1, 0.15) is 24.8 Å². The van der Waals surface area contributed by atoms with Gasteiger partial charge in [-0.25, -0.2) is 14.2 Å². The Bertz CT molecular complexity index is 1370. The number of hydrogen-bond donors (Lipinski definition) is 3. The molecule has 198 valence electrons. The zero-order valence-corrected chi connectivity index (χ0v) is 21.2. The molecule has 4 amide bonds. The van der Waals surface area contributed by atoms with Crippen molar-refractivity contribution in [3.05, 3.63) is 65.4 Å². The number of methoxy groups -OCH3 is 1. The molecule has 1 aliphatic heterocycles. The zero-order valence-electron chi connectivity index (χ0n) is 21.2. The lowest BCUT2D eigenvalue weighted by Gasteiger charge is -2.36. The van der Waals surface area contributed by atoms with E-state index < -0.39 is 18.6 Å². The molecule has 2 aromatic carbocycles. The summed E-state index contributed by atoms with van der Waals surface area (Å²) in [5, 5.41) is 8.32. The van der Waals surface area contributed by atoms with Crippen LogP contribution in [0.5, 0.6) is 5.75 Å². The van der Waals surface area contributed by atoms with Crippen molar-refractivity contribution in [3.8, 4) is 5.75 Å². The Morgan fingerprint density at radius 1 is 1.18 bits per heavy atom. The number of benzene rings is 2. The van der Waals surface area contributed by atoms with Crippen molar-refractivity contribution in [2.75, 3.05) is 47.7 Å². The topological polar surface area (TPSA) is 129 Å². The van der Waals surface area contributed by atoms with Gasteiger partial charge in [-0.15, -0.1) is 0 Å². The largest absolute Gasteiger partial charge is 0.497 e. The highest BCUT2D eigenvalue weighted by Gasteiger charge is 2.34. The Morgan fingerprint density at radius 3 is 2.71 bits per heavy atom. The van der Waals surface area contributed by atoms with Crippen molar-refractivity contribution < 1.29 is 23.5 Å². The number of fused-ring (bicyclic) bond motifs is 1. The van der Waals surface area contributed by atoms with Crippen LogP contribution in [-0.4, -0.2) is 55.1 Å². The molecule has 3 aromatic rings. The quantitative estimate of drug-likeness (QED) is 0.394. The van der Waals surface area contributed by atoms with Gasteiger partial charge >= 0.3 is 6.03 Å². The van der Waals surface area contributed by atoms with Gasteiger partial charge in [0.25, 0.3) is 5.91 Å². The standard InChI is InChI=1S/C26H28FN7O4/c1-4-29-25-30-13-18-14-33(26(37)34(23(18)32-25)15-22(35)28-2)20-9-19(10-21(11-20)38-3)31-24(36)17-7-5-6-16(8-17)12-27/h5-11,13H,4,12,14-15H2,1-3H3,(H,28,35)(H,31,36)(H,29,30,32). The van der Waals surface area contributed by atoms with E-state index in [4.69, 9.17) is 4.74 Å². The number of nitrogens with one attached hydrogen (secondary N) is 3. The summed E-state index contributed by atoms with van der Waals surface area (Å²) >= 11 is 0. The molecule has 1 aliphatic rings. The van der Waals surface area contributed by atoms with Crippen LogP contribution in [0.25, 0.3) is 0 Å². The second-order valence-corrected chi connectivity index (χ2v) is 8.41. The van der Waals surface area contributed by atoms with Gasteiger partial charge < -0.3 is 20.7 Å². The Hall–Kier alpha value is -4.74. The monoisotopic (exact) mass is 521 g/mol. The van der Waals surface area contributed by atoms with Gasteiger partial charge in [-0.1, -0.05) is 12.1 Å². The molecule has 38 heavy (non-hydrogen) atoms. The van der Waals surface area contributed by atoms with Crippen LogP contribution in [0, 0.1) is 0 Å². The average Bonchev–Trinajstić information content (AvgIpc) is 2.94. The van der Waals surface area contributed by atoms with E-state index in [1.807, 2.05) is 6.92 Å². The number of nitrogens with zero attached hydrogens (tertiary/aromatic N) is 4. The van der Waals surface area contributed by atoms with E-state index in [0.717, 1.165) is 0 Å². The van der Waals surface area contributed by atoms with Crippen molar-refractivity contribution in [3.63, 3.8) is 0 Å². The van der Waals surface area contributed by atoms with Crippen molar-refractivity contribution in [1.29, 1.82) is 0 Å². The molecule has 1 aromatic heterocycles. The molecule has 0 spiro atoms. The highest BCUT2D eigenvalue weighted by atomic mass is 19.1. The van der Waals surface area contributed by atoms with E-state index in [-0.39, 0.29) is 24.6 Å². The first kappa shape index (κ1) is 26.3. The zero-order chi connectivity index (χ0) is 27.2. The molecule has 0 aliphatic carbocycles. The number of aromatic nitrogens is 2. The second-order valence-electron chi connectivity index (χ2n) is 8.41. The van der Waals surface area contributed by atoms with E-state index in [9.17, 15) is 18.8 Å². The maximum Gasteiger partial charge on any atom is 0.330 e. The number of anilines is 4. The lowest BCUT2D eigenvalue weighted by atomic mass is 10.1. The SMILES string of the molecule is CCNc1ncc2c(n1)N(CC(=O)NC)C(=O)N(c1cc(NC(=O)c3cccc(CF)c3)cc(OC)c1)C2. The molecule has 11 nitrogen and oxygen atoms in total. The second kappa shape index (κ2) is 11.5. The van der Waals surface area contributed by atoms with Crippen molar-refractivity contribution in [2.45, 2.75) is 20.1 Å². The van der Waals surface area contributed by atoms with Gasteiger partial charge in [-0.2, -0.15) is 4.98 Å². The fraction of sp³-hybridized carbons (Fsp3) is 0.269. The first-order valence-corrected chi connectivity index (χ1v) is 11.9. The van der Waals surface area contributed by atoms with Crippen LogP contribution in [0.15, 0.2) is 48.7 Å². The molecular formula is C26H28FN7O4. The van der Waals surface area contributed by atoms with Gasteiger partial charge in [-0.3, -0.25) is 19.4 Å². The predicted octanol–water partition coefficient (Wildman–Crippen LogP) is 3.33. The third-order valence-electron chi connectivity index (χ3n) is 5.84. The Labute approximate surface area is 219 Å². The van der Waals surface area contributed by atoms with Crippen LogP contribution >= 0.6 is 0 Å². The molecule has 0 atom stereocenters. The van der Waals surface area contributed by atoms with Crippen molar-refractivity contribution in [2.24, 2.45) is 0 Å².